The van der Waals surface area contributed by atoms with E-state index < -0.39 is 11.5 Å². The first kappa shape index (κ1) is 27.6. The maximum atomic E-state index is 12.9. The highest BCUT2D eigenvalue weighted by molar-refractivity contribution is 9.12. The average Bonchev–Trinajstić information content (AvgIpc) is 3.96. The van der Waals surface area contributed by atoms with Gasteiger partial charge >= 0.3 is 5.97 Å². The number of Topliss-reactive ketones (excluding diaryl/α,β-unsaturated/α-hetero) is 1. The molecule has 1 spiro atoms. The molecule has 0 radical (unpaired) electrons. The zero-order chi connectivity index (χ0) is 28.8. The zero-order valence-electron chi connectivity index (χ0n) is 24.1. The van der Waals surface area contributed by atoms with Crippen molar-refractivity contribution in [1.82, 2.24) is 19.9 Å². The highest BCUT2D eigenvalue weighted by atomic mass is 79.9. The van der Waals surface area contributed by atoms with Crippen molar-refractivity contribution in [3.8, 4) is 5.69 Å². The molecule has 1 atom stereocenters. The van der Waals surface area contributed by atoms with Gasteiger partial charge in [-0.1, -0.05) is 31.4 Å². The summed E-state index contributed by atoms with van der Waals surface area (Å²) in [7, 11) is 1.41. The molecule has 3 fully saturated rings. The van der Waals surface area contributed by atoms with Crippen LogP contribution < -0.4 is 10.6 Å². The number of esters is 1. The number of nitrogens with zero attached hydrogens (tertiary/aromatic N) is 3. The third kappa shape index (κ3) is 5.14. The maximum absolute atomic E-state index is 12.9. The van der Waals surface area contributed by atoms with E-state index in [0.717, 1.165) is 90.6 Å². The summed E-state index contributed by atoms with van der Waals surface area (Å²) in [6.45, 7) is 0.983. The van der Waals surface area contributed by atoms with Gasteiger partial charge in [0.05, 0.1) is 22.7 Å². The number of benzene rings is 1. The maximum Gasteiger partial charge on any atom is 0.328 e. The number of nitrogens with one attached hydrogen (secondary N) is 2. The van der Waals surface area contributed by atoms with Crippen molar-refractivity contribution >= 4 is 44.5 Å². The van der Waals surface area contributed by atoms with Crippen LogP contribution in [0.15, 0.2) is 46.7 Å². The quantitative estimate of drug-likeness (QED) is 0.250. The van der Waals surface area contributed by atoms with Crippen molar-refractivity contribution in [2.24, 2.45) is 17.3 Å². The Balaban J connectivity index is 1.15. The number of anilines is 1. The molecule has 9 heteroatoms. The predicted molar refractivity (Wildman–Crippen MR) is 166 cm³/mol. The van der Waals surface area contributed by atoms with Gasteiger partial charge in [0.2, 0.25) is 0 Å². The van der Waals surface area contributed by atoms with Crippen molar-refractivity contribution < 1.29 is 14.3 Å². The third-order valence-electron chi connectivity index (χ3n) is 9.54. The van der Waals surface area contributed by atoms with Gasteiger partial charge in [-0.2, -0.15) is 0 Å². The van der Waals surface area contributed by atoms with Crippen LogP contribution >= 0.6 is 15.9 Å². The second-order valence-electron chi connectivity index (χ2n) is 12.6. The van der Waals surface area contributed by atoms with E-state index >= 15 is 0 Å². The summed E-state index contributed by atoms with van der Waals surface area (Å²) in [5, 5.41) is 7.05. The molecule has 0 unspecified atom stereocenters. The fourth-order valence-corrected chi connectivity index (χ4v) is 7.54. The number of ether oxygens (including phenoxy) is 1. The van der Waals surface area contributed by atoms with Crippen LogP contribution in [-0.4, -0.2) is 46.0 Å². The lowest BCUT2D eigenvalue weighted by Gasteiger charge is -2.46. The molecule has 2 aromatic heterocycles. The number of methoxy groups -OCH3 is 1. The fourth-order valence-electron chi connectivity index (χ4n) is 6.67. The zero-order valence-corrected chi connectivity index (χ0v) is 25.7. The lowest BCUT2D eigenvalue weighted by atomic mass is 9.62. The van der Waals surface area contributed by atoms with Gasteiger partial charge in [-0.25, -0.2) is 14.8 Å². The Hall–Kier alpha value is -3.20. The molecule has 0 saturated heterocycles. The number of fused-ring (bicyclic) bond motifs is 1. The number of carbonyl (C=O) groups excluding carboxylic acids is 2. The van der Waals surface area contributed by atoms with Crippen molar-refractivity contribution in [3.05, 3.63) is 58.1 Å². The number of pyridine rings is 1. The van der Waals surface area contributed by atoms with Crippen LogP contribution in [0, 0.1) is 17.3 Å². The third-order valence-corrected chi connectivity index (χ3v) is 10.3. The van der Waals surface area contributed by atoms with Crippen LogP contribution in [0.4, 0.5) is 5.69 Å². The molecule has 2 N–H and O–H groups in total. The van der Waals surface area contributed by atoms with Gasteiger partial charge < -0.3 is 15.4 Å². The minimum Gasteiger partial charge on any atom is -0.467 e. The van der Waals surface area contributed by atoms with E-state index in [0.29, 0.717) is 16.8 Å². The molecule has 0 amide bonds. The van der Waals surface area contributed by atoms with E-state index in [9.17, 15) is 9.59 Å². The van der Waals surface area contributed by atoms with E-state index in [-0.39, 0.29) is 11.8 Å². The number of ketones is 1. The first-order chi connectivity index (χ1) is 20.5. The first-order valence-corrected chi connectivity index (χ1v) is 16.2. The highest BCUT2D eigenvalue weighted by Gasteiger charge is 2.53. The van der Waals surface area contributed by atoms with Crippen LogP contribution in [0.1, 0.15) is 69.2 Å². The summed E-state index contributed by atoms with van der Waals surface area (Å²) in [5.41, 5.74) is 5.27. The largest absolute Gasteiger partial charge is 0.467 e. The molecule has 7 rings (SSSR count). The van der Waals surface area contributed by atoms with Crippen LogP contribution in [-0.2, 0) is 27.2 Å². The smallest absolute Gasteiger partial charge is 0.328 e. The van der Waals surface area contributed by atoms with Gasteiger partial charge in [0.15, 0.2) is 11.4 Å². The monoisotopic (exact) mass is 631 g/mol. The van der Waals surface area contributed by atoms with Crippen molar-refractivity contribution in [2.75, 3.05) is 19.0 Å². The summed E-state index contributed by atoms with van der Waals surface area (Å²) in [6.07, 6.45) is 13.2. The van der Waals surface area contributed by atoms with Gasteiger partial charge in [0.25, 0.3) is 0 Å². The van der Waals surface area contributed by atoms with Gasteiger partial charge in [-0.05, 0) is 90.1 Å². The Morgan fingerprint density at radius 1 is 1.10 bits per heavy atom. The number of imidazole rings is 1. The number of hydrogen-bond donors (Lipinski definition) is 2. The normalized spacial score (nSPS) is 20.5. The van der Waals surface area contributed by atoms with Gasteiger partial charge in [0.1, 0.15) is 17.4 Å². The second kappa shape index (κ2) is 11.1. The van der Waals surface area contributed by atoms with Crippen LogP contribution in [0.25, 0.3) is 16.9 Å². The molecule has 3 saturated carbocycles. The number of allylic oxidation sites excluding steroid dienone is 2. The minimum absolute atomic E-state index is 0.159. The number of aromatic nitrogens is 3. The van der Waals surface area contributed by atoms with Gasteiger partial charge in [0, 0.05) is 37.0 Å². The molecule has 42 heavy (non-hydrogen) atoms. The van der Waals surface area contributed by atoms with E-state index in [1.807, 2.05) is 12.3 Å². The van der Waals surface area contributed by atoms with Crippen LogP contribution in [0.2, 0.25) is 0 Å². The predicted octanol–water partition coefficient (Wildman–Crippen LogP) is 6.01. The lowest BCUT2D eigenvalue weighted by Crippen LogP contribution is -2.53. The van der Waals surface area contributed by atoms with Crippen molar-refractivity contribution in [2.45, 2.75) is 76.7 Å². The molecule has 4 aliphatic rings. The summed E-state index contributed by atoms with van der Waals surface area (Å²) < 4.78 is 7.95. The molecule has 0 aliphatic heterocycles. The molecule has 220 valence electrons. The molecule has 0 bridgehead atoms. The summed E-state index contributed by atoms with van der Waals surface area (Å²) in [6, 6.07) is 9.78. The SMILES string of the molecule is COC(=O)[C@H](Cc1ccc(-n2c(CC3CC3)nc3c(NCC4CC4)ccnc32)cc1)NC1=C(Br)C(=O)C12CCCCC2. The van der Waals surface area contributed by atoms with E-state index in [4.69, 9.17) is 14.7 Å². The van der Waals surface area contributed by atoms with E-state index in [1.165, 1.54) is 32.8 Å². The number of hydrogen-bond acceptors (Lipinski definition) is 7. The Morgan fingerprint density at radius 3 is 2.52 bits per heavy atom. The average molecular weight is 633 g/mol. The Bertz CT molecular complexity index is 1550. The molecule has 1 aromatic carbocycles. The first-order valence-electron chi connectivity index (χ1n) is 15.5. The molecular weight excluding hydrogens is 594 g/mol. The van der Waals surface area contributed by atoms with Crippen LogP contribution in [0.3, 0.4) is 0 Å². The Morgan fingerprint density at radius 2 is 1.83 bits per heavy atom. The molecular formula is C33H38BrN5O3. The minimum atomic E-state index is -0.587. The number of rotatable bonds is 11. The van der Waals surface area contributed by atoms with Crippen molar-refractivity contribution in [3.63, 3.8) is 0 Å². The van der Waals surface area contributed by atoms with E-state index in [1.54, 1.807) is 0 Å². The van der Waals surface area contributed by atoms with Gasteiger partial charge in [-0.15, -0.1) is 0 Å². The summed E-state index contributed by atoms with van der Waals surface area (Å²) in [5.74, 6) is 2.33. The number of carbonyl (C=O) groups is 2. The molecule has 3 aromatic rings. The number of halogens is 1. The summed E-state index contributed by atoms with van der Waals surface area (Å²) in [4.78, 5) is 35.7. The lowest BCUT2D eigenvalue weighted by molar-refractivity contribution is -0.143. The van der Waals surface area contributed by atoms with E-state index in [2.05, 4.69) is 55.4 Å². The van der Waals surface area contributed by atoms with Gasteiger partial charge in [-0.3, -0.25) is 9.36 Å². The molecule has 2 heterocycles. The standard InChI is InChI=1S/C33H38BrN5O3/c1-42-32(41)25(37-29-27(34)30(40)33(29)14-3-2-4-15-33)17-20-9-11-23(12-10-20)39-26(18-21-5-6-21)38-28-24(13-16-35-31(28)39)36-19-22-7-8-22/h9-13,16,21-22,25,37H,2-8,14-15,17-19H2,1H3,(H,35,36)/t25-/m0/s1. The second-order valence-corrected chi connectivity index (χ2v) is 13.4. The van der Waals surface area contributed by atoms with Crippen LogP contribution in [0.5, 0.6) is 0 Å². The molecule has 8 nitrogen and oxygen atoms in total. The summed E-state index contributed by atoms with van der Waals surface area (Å²) >= 11 is 3.49. The van der Waals surface area contributed by atoms with Crippen molar-refractivity contribution in [1.29, 1.82) is 0 Å². The highest BCUT2D eigenvalue weighted by Crippen LogP contribution is 2.53. The fraction of sp³-hybridized carbons (Fsp3) is 0.515. The topological polar surface area (TPSA) is 98.1 Å². The molecule has 4 aliphatic carbocycles. The Labute approximate surface area is 254 Å². The Kier molecular flexibility index (Phi) is 7.32.